The van der Waals surface area contributed by atoms with Crippen LogP contribution >= 0.6 is 0 Å². The summed E-state index contributed by atoms with van der Waals surface area (Å²) in [5, 5.41) is 3.62. The summed E-state index contributed by atoms with van der Waals surface area (Å²) in [7, 11) is 0. The van der Waals surface area contributed by atoms with Crippen LogP contribution in [-0.4, -0.2) is 12.4 Å². The van der Waals surface area contributed by atoms with E-state index in [0.29, 0.717) is 16.7 Å². The van der Waals surface area contributed by atoms with Gasteiger partial charge >= 0.3 is 0 Å². The number of amidine groups is 1. The number of nitrogens with two attached hydrogens (primary N) is 3. The highest BCUT2D eigenvalue weighted by Crippen LogP contribution is 2.68. The van der Waals surface area contributed by atoms with Crippen LogP contribution in [0.5, 0.6) is 0 Å². The minimum absolute atomic E-state index is 0.601. The third-order valence-electron chi connectivity index (χ3n) is 11.9. The van der Waals surface area contributed by atoms with Crippen LogP contribution in [0.1, 0.15) is 131 Å². The number of fused-ring (bicyclic) bond motifs is 5. The molecule has 5 nitrogen and oxygen atoms in total. The normalized spacial score (nSPS) is 40.9. The molecule has 4 aliphatic rings. The molecule has 9 atom stereocenters. The van der Waals surface area contributed by atoms with Crippen molar-refractivity contribution in [2.24, 2.45) is 74.8 Å². The van der Waals surface area contributed by atoms with Crippen LogP contribution in [0, 0.1) is 52.3 Å². The third kappa shape index (κ3) is 6.42. The Morgan fingerprint density at radius 1 is 0.972 bits per heavy atom. The Balaban J connectivity index is 0.000000538. The van der Waals surface area contributed by atoms with Crippen LogP contribution < -0.4 is 22.8 Å². The zero-order valence-electron chi connectivity index (χ0n) is 24.5. The van der Waals surface area contributed by atoms with Crippen molar-refractivity contribution in [3.05, 3.63) is 0 Å². The Kier molecular flexibility index (Phi) is 11.0. The molecule has 4 aliphatic carbocycles. The maximum atomic E-state index is 5.77. The SMILES string of the molecule is CC1CCC2(C)C(CCC3C2CC[C@@]2(C)C(C(C)CCCC/C(N)=N/N)CCC32)C1.CCCCNN. The molecule has 0 aromatic heterocycles. The summed E-state index contributed by atoms with van der Waals surface area (Å²) in [6.07, 6.45) is 20.6. The van der Waals surface area contributed by atoms with Gasteiger partial charge in [0.2, 0.25) is 0 Å². The fourth-order valence-electron chi connectivity index (χ4n) is 9.76. The second kappa shape index (κ2) is 13.3. The molecule has 5 heteroatoms. The van der Waals surface area contributed by atoms with E-state index in [2.05, 4.69) is 45.1 Å². The molecule has 0 radical (unpaired) electrons. The van der Waals surface area contributed by atoms with Gasteiger partial charge in [0, 0.05) is 13.0 Å². The van der Waals surface area contributed by atoms with Gasteiger partial charge in [-0.3, -0.25) is 11.3 Å². The largest absolute Gasteiger partial charge is 0.386 e. The van der Waals surface area contributed by atoms with E-state index in [1.54, 1.807) is 0 Å². The molecule has 0 aliphatic heterocycles. The van der Waals surface area contributed by atoms with Crippen molar-refractivity contribution in [1.82, 2.24) is 5.43 Å². The number of unbranched alkanes of at least 4 members (excludes halogenated alkanes) is 2. The third-order valence-corrected chi connectivity index (χ3v) is 11.9. The molecular formula is C31H61N5. The van der Waals surface area contributed by atoms with Gasteiger partial charge in [-0.05, 0) is 116 Å². The van der Waals surface area contributed by atoms with Crippen molar-refractivity contribution in [1.29, 1.82) is 0 Å². The van der Waals surface area contributed by atoms with Crippen molar-refractivity contribution in [3.63, 3.8) is 0 Å². The lowest BCUT2D eigenvalue weighted by Gasteiger charge is -2.61. The zero-order valence-corrected chi connectivity index (χ0v) is 24.5. The highest BCUT2D eigenvalue weighted by Gasteiger charge is 2.60. The quantitative estimate of drug-likeness (QED) is 0.0897. The van der Waals surface area contributed by atoms with Crippen LogP contribution in [0.3, 0.4) is 0 Å². The van der Waals surface area contributed by atoms with E-state index >= 15 is 0 Å². The minimum Gasteiger partial charge on any atom is -0.386 e. The monoisotopic (exact) mass is 503 g/mol. The molecule has 8 unspecified atom stereocenters. The van der Waals surface area contributed by atoms with Gasteiger partial charge in [-0.1, -0.05) is 60.3 Å². The molecular weight excluding hydrogens is 442 g/mol. The van der Waals surface area contributed by atoms with Crippen LogP contribution in [0.4, 0.5) is 0 Å². The van der Waals surface area contributed by atoms with E-state index in [0.717, 1.165) is 60.8 Å². The molecule has 4 fully saturated rings. The highest BCUT2D eigenvalue weighted by atomic mass is 15.2. The Hall–Kier alpha value is -0.810. The molecule has 0 heterocycles. The second-order valence-electron chi connectivity index (χ2n) is 13.9. The van der Waals surface area contributed by atoms with Crippen molar-refractivity contribution in [2.45, 2.75) is 131 Å². The molecule has 36 heavy (non-hydrogen) atoms. The van der Waals surface area contributed by atoms with Crippen molar-refractivity contribution in [2.75, 3.05) is 6.54 Å². The van der Waals surface area contributed by atoms with Crippen LogP contribution in [-0.2, 0) is 0 Å². The van der Waals surface area contributed by atoms with Gasteiger partial charge in [-0.15, -0.1) is 0 Å². The average Bonchev–Trinajstić information content (AvgIpc) is 3.23. The number of rotatable bonds is 9. The van der Waals surface area contributed by atoms with E-state index in [4.69, 9.17) is 17.4 Å². The first kappa shape index (κ1) is 29.7. The maximum absolute atomic E-state index is 5.77. The number of hydrazone groups is 1. The summed E-state index contributed by atoms with van der Waals surface area (Å²) in [5.41, 5.74) is 9.60. The lowest BCUT2D eigenvalue weighted by molar-refractivity contribution is -0.120. The molecule has 0 aromatic rings. The van der Waals surface area contributed by atoms with Gasteiger partial charge in [0.15, 0.2) is 0 Å². The number of hydrogen-bond donors (Lipinski definition) is 4. The summed E-state index contributed by atoms with van der Waals surface area (Å²) < 4.78 is 0. The highest BCUT2D eigenvalue weighted by molar-refractivity contribution is 5.79. The summed E-state index contributed by atoms with van der Waals surface area (Å²) >= 11 is 0. The predicted octanol–water partition coefficient (Wildman–Crippen LogP) is 6.96. The van der Waals surface area contributed by atoms with Crippen molar-refractivity contribution in [3.8, 4) is 0 Å². The standard InChI is InChI=1S/C27H49N3.C4H12N2/c1-18-13-15-26(3)20(17-18)9-10-21-23-12-11-22(27(23,4)16-14-24(21)26)19(2)7-5-6-8-25(28)30-29;1-2-3-4-6-5/h18-24H,5-17,29H2,1-4H3,(H2,28,30);6H,2-5H2,1H3/t18?,19?,20?,21?,22?,23?,24?,26?,27-;/m0./s1. The lowest BCUT2D eigenvalue weighted by atomic mass is 9.44. The van der Waals surface area contributed by atoms with Gasteiger partial charge in [0.1, 0.15) is 5.84 Å². The van der Waals surface area contributed by atoms with E-state index in [-0.39, 0.29) is 0 Å². The Labute approximate surface area is 223 Å². The van der Waals surface area contributed by atoms with E-state index < -0.39 is 0 Å². The molecule has 0 aromatic carbocycles. The number of hydrogen-bond acceptors (Lipinski definition) is 4. The maximum Gasteiger partial charge on any atom is 0.119 e. The van der Waals surface area contributed by atoms with Gasteiger partial charge in [-0.2, -0.15) is 5.10 Å². The van der Waals surface area contributed by atoms with E-state index in [9.17, 15) is 0 Å². The first-order chi connectivity index (χ1) is 17.2. The van der Waals surface area contributed by atoms with Crippen LogP contribution in [0.15, 0.2) is 5.10 Å². The van der Waals surface area contributed by atoms with Gasteiger partial charge < -0.3 is 11.6 Å². The molecule has 7 N–H and O–H groups in total. The fraction of sp³-hybridized carbons (Fsp3) is 0.968. The molecule has 4 rings (SSSR count). The lowest BCUT2D eigenvalue weighted by Crippen LogP contribution is -2.53. The van der Waals surface area contributed by atoms with E-state index in [1.165, 1.54) is 83.5 Å². The summed E-state index contributed by atoms with van der Waals surface area (Å²) in [4.78, 5) is 0. The summed E-state index contributed by atoms with van der Waals surface area (Å²) in [6.45, 7) is 13.6. The predicted molar refractivity (Wildman–Crippen MR) is 155 cm³/mol. The Morgan fingerprint density at radius 2 is 1.69 bits per heavy atom. The average molecular weight is 504 g/mol. The van der Waals surface area contributed by atoms with Crippen LogP contribution in [0.25, 0.3) is 0 Å². The molecule has 4 saturated carbocycles. The fourth-order valence-corrected chi connectivity index (χ4v) is 9.76. The first-order valence-electron chi connectivity index (χ1n) is 15.7. The smallest absolute Gasteiger partial charge is 0.119 e. The minimum atomic E-state index is 0.601. The summed E-state index contributed by atoms with van der Waals surface area (Å²) in [5.74, 6) is 17.7. The van der Waals surface area contributed by atoms with Crippen LogP contribution in [0.2, 0.25) is 0 Å². The molecule has 0 spiro atoms. The second-order valence-corrected chi connectivity index (χ2v) is 13.9. The molecule has 0 saturated heterocycles. The first-order valence-corrected chi connectivity index (χ1v) is 15.7. The number of hydrazine groups is 1. The zero-order chi connectivity index (χ0) is 26.3. The molecule has 210 valence electrons. The van der Waals surface area contributed by atoms with Gasteiger partial charge in [0.05, 0.1) is 0 Å². The molecule has 0 bridgehead atoms. The number of nitrogens with zero attached hydrogens (tertiary/aromatic N) is 1. The Bertz CT molecular complexity index is 690. The number of nitrogens with one attached hydrogen (secondary N) is 1. The molecule has 0 amide bonds. The topological polar surface area (TPSA) is 102 Å². The van der Waals surface area contributed by atoms with Gasteiger partial charge in [0.25, 0.3) is 0 Å². The van der Waals surface area contributed by atoms with Crippen molar-refractivity contribution < 1.29 is 0 Å². The van der Waals surface area contributed by atoms with Gasteiger partial charge in [-0.25, -0.2) is 0 Å². The summed E-state index contributed by atoms with van der Waals surface area (Å²) in [6, 6.07) is 0. The Morgan fingerprint density at radius 3 is 2.36 bits per heavy atom. The van der Waals surface area contributed by atoms with Crippen molar-refractivity contribution >= 4 is 5.84 Å². The van der Waals surface area contributed by atoms with E-state index in [1.807, 2.05) is 0 Å².